The highest BCUT2D eigenvalue weighted by molar-refractivity contribution is 6.01. The molecular formula is C14H17NO3. The number of aryl methyl sites for hydroxylation is 1. The lowest BCUT2D eigenvalue weighted by Gasteiger charge is -2.29. The lowest BCUT2D eigenvalue weighted by atomic mass is 9.75. The molecule has 1 heterocycles. The smallest absolute Gasteiger partial charge is 0.339 e. The molecule has 1 aliphatic carbocycles. The molecule has 1 aliphatic rings. The van der Waals surface area contributed by atoms with Crippen LogP contribution in [-0.4, -0.2) is 23.8 Å². The van der Waals surface area contributed by atoms with E-state index in [0.717, 1.165) is 12.1 Å². The number of pyridine rings is 1. The first kappa shape index (κ1) is 12.7. The molecule has 18 heavy (non-hydrogen) atoms. The van der Waals surface area contributed by atoms with Gasteiger partial charge in [-0.25, -0.2) is 4.79 Å². The van der Waals surface area contributed by atoms with Gasteiger partial charge in [0.15, 0.2) is 5.78 Å². The lowest BCUT2D eigenvalue weighted by molar-refractivity contribution is 0.0599. The van der Waals surface area contributed by atoms with Gasteiger partial charge in [0.05, 0.1) is 24.1 Å². The summed E-state index contributed by atoms with van der Waals surface area (Å²) in [5, 5.41) is 0. The molecule has 0 amide bonds. The van der Waals surface area contributed by atoms with Gasteiger partial charge in [-0.05, 0) is 24.8 Å². The van der Waals surface area contributed by atoms with Crippen molar-refractivity contribution in [3.63, 3.8) is 0 Å². The molecule has 1 aromatic heterocycles. The van der Waals surface area contributed by atoms with Crippen LogP contribution in [0.2, 0.25) is 0 Å². The van der Waals surface area contributed by atoms with E-state index in [1.54, 1.807) is 13.0 Å². The van der Waals surface area contributed by atoms with Crippen LogP contribution in [0.1, 0.15) is 52.4 Å². The number of carbonyl (C=O) groups excluding carboxylic acids is 2. The molecule has 1 aromatic rings. The van der Waals surface area contributed by atoms with Crippen molar-refractivity contribution < 1.29 is 14.3 Å². The fraction of sp³-hybridized carbons (Fsp3) is 0.500. The molecule has 0 bridgehead atoms. The predicted molar refractivity (Wildman–Crippen MR) is 66.7 cm³/mol. The number of esters is 1. The van der Waals surface area contributed by atoms with Crippen molar-refractivity contribution in [2.45, 2.75) is 33.6 Å². The Morgan fingerprint density at radius 1 is 1.39 bits per heavy atom. The van der Waals surface area contributed by atoms with Crippen LogP contribution >= 0.6 is 0 Å². The number of ether oxygens (including phenoxy) is 1. The van der Waals surface area contributed by atoms with Crippen LogP contribution in [0.4, 0.5) is 0 Å². The molecule has 0 aromatic carbocycles. The molecule has 0 aliphatic heterocycles. The van der Waals surface area contributed by atoms with E-state index >= 15 is 0 Å². The quantitative estimate of drug-likeness (QED) is 0.715. The van der Waals surface area contributed by atoms with Crippen molar-refractivity contribution in [2.75, 3.05) is 7.11 Å². The number of ketones is 1. The lowest BCUT2D eigenvalue weighted by Crippen LogP contribution is -2.28. The summed E-state index contributed by atoms with van der Waals surface area (Å²) in [6, 6.07) is 1.63. The molecule has 0 atom stereocenters. The van der Waals surface area contributed by atoms with Crippen LogP contribution in [0.5, 0.6) is 0 Å². The van der Waals surface area contributed by atoms with Gasteiger partial charge < -0.3 is 4.74 Å². The van der Waals surface area contributed by atoms with Gasteiger partial charge in [0.1, 0.15) is 0 Å². The second-order valence-corrected chi connectivity index (χ2v) is 5.55. The van der Waals surface area contributed by atoms with E-state index in [1.807, 2.05) is 0 Å². The summed E-state index contributed by atoms with van der Waals surface area (Å²) in [7, 11) is 1.33. The number of rotatable bonds is 1. The zero-order valence-corrected chi connectivity index (χ0v) is 11.2. The van der Waals surface area contributed by atoms with E-state index in [4.69, 9.17) is 4.74 Å². The van der Waals surface area contributed by atoms with E-state index in [1.165, 1.54) is 7.11 Å². The minimum atomic E-state index is -0.444. The van der Waals surface area contributed by atoms with Gasteiger partial charge in [-0.3, -0.25) is 9.78 Å². The van der Waals surface area contributed by atoms with Gasteiger partial charge in [0.25, 0.3) is 0 Å². The molecule has 0 saturated heterocycles. The number of hydrogen-bond donors (Lipinski definition) is 0. The van der Waals surface area contributed by atoms with Gasteiger partial charge >= 0.3 is 5.97 Å². The highest BCUT2D eigenvalue weighted by Crippen LogP contribution is 2.34. The molecular weight excluding hydrogens is 230 g/mol. The summed E-state index contributed by atoms with van der Waals surface area (Å²) in [6.45, 7) is 5.87. The summed E-state index contributed by atoms with van der Waals surface area (Å²) in [5.74, 6) is -0.390. The number of fused-ring (bicyclic) bond motifs is 1. The maximum absolute atomic E-state index is 12.1. The number of Topliss-reactive ketones (excluding diaryl/α,β-unsaturated/α-hetero) is 1. The first-order chi connectivity index (χ1) is 8.34. The first-order valence-electron chi connectivity index (χ1n) is 5.96. The van der Waals surface area contributed by atoms with Crippen LogP contribution in [0, 0.1) is 12.3 Å². The van der Waals surface area contributed by atoms with Crippen LogP contribution in [0.25, 0.3) is 0 Å². The Morgan fingerprint density at radius 3 is 2.67 bits per heavy atom. The third-order valence-electron chi connectivity index (χ3n) is 3.28. The standard InChI is InChI=1S/C14H17NO3/c1-8-9(13(17)18-4)5-10-11(15-8)6-14(2,3)7-12(10)16/h5H,6-7H2,1-4H3. The molecule has 4 heteroatoms. The predicted octanol–water partition coefficient (Wildman–Crippen LogP) is 2.33. The van der Waals surface area contributed by atoms with E-state index in [2.05, 4.69) is 18.8 Å². The molecule has 0 radical (unpaired) electrons. The molecule has 0 saturated carbocycles. The maximum Gasteiger partial charge on any atom is 0.339 e. The van der Waals surface area contributed by atoms with Crippen molar-refractivity contribution in [3.8, 4) is 0 Å². The SMILES string of the molecule is COC(=O)c1cc2c(nc1C)CC(C)(C)CC2=O. The molecule has 0 fully saturated rings. The molecule has 0 spiro atoms. The Hall–Kier alpha value is -1.71. The van der Waals surface area contributed by atoms with Crippen molar-refractivity contribution in [1.82, 2.24) is 4.98 Å². The van der Waals surface area contributed by atoms with E-state index in [-0.39, 0.29) is 11.2 Å². The van der Waals surface area contributed by atoms with Crippen LogP contribution in [-0.2, 0) is 11.2 Å². The van der Waals surface area contributed by atoms with E-state index in [9.17, 15) is 9.59 Å². The van der Waals surface area contributed by atoms with Crippen molar-refractivity contribution >= 4 is 11.8 Å². The van der Waals surface area contributed by atoms with Crippen LogP contribution in [0.3, 0.4) is 0 Å². The number of methoxy groups -OCH3 is 1. The Morgan fingerprint density at radius 2 is 2.06 bits per heavy atom. The Kier molecular flexibility index (Phi) is 2.97. The Balaban J connectivity index is 2.54. The number of hydrogen-bond acceptors (Lipinski definition) is 4. The monoisotopic (exact) mass is 247 g/mol. The Bertz CT molecular complexity index is 532. The fourth-order valence-electron chi connectivity index (χ4n) is 2.39. The summed E-state index contributed by atoms with van der Waals surface area (Å²) >= 11 is 0. The molecule has 2 rings (SSSR count). The van der Waals surface area contributed by atoms with Gasteiger partial charge in [-0.2, -0.15) is 0 Å². The van der Waals surface area contributed by atoms with Gasteiger partial charge in [-0.1, -0.05) is 13.8 Å². The Labute approximate surface area is 106 Å². The topological polar surface area (TPSA) is 56.3 Å². The average molecular weight is 247 g/mol. The van der Waals surface area contributed by atoms with Gasteiger partial charge in [-0.15, -0.1) is 0 Å². The summed E-state index contributed by atoms with van der Waals surface area (Å²) in [4.78, 5) is 28.1. The summed E-state index contributed by atoms with van der Waals surface area (Å²) < 4.78 is 4.69. The molecule has 0 N–H and O–H groups in total. The summed E-state index contributed by atoms with van der Waals surface area (Å²) in [6.07, 6.45) is 1.25. The number of nitrogens with zero attached hydrogens (tertiary/aromatic N) is 1. The highest BCUT2D eigenvalue weighted by atomic mass is 16.5. The second kappa shape index (κ2) is 4.19. The minimum absolute atomic E-state index is 0.0545. The molecule has 0 unspecified atom stereocenters. The van der Waals surface area contributed by atoms with Gasteiger partial charge in [0.2, 0.25) is 0 Å². The number of aromatic nitrogens is 1. The minimum Gasteiger partial charge on any atom is -0.465 e. The maximum atomic E-state index is 12.1. The van der Waals surface area contributed by atoms with Crippen molar-refractivity contribution in [1.29, 1.82) is 0 Å². The average Bonchev–Trinajstić information content (AvgIpc) is 2.25. The zero-order valence-electron chi connectivity index (χ0n) is 11.2. The van der Waals surface area contributed by atoms with E-state index < -0.39 is 5.97 Å². The van der Waals surface area contributed by atoms with Crippen LogP contribution < -0.4 is 0 Å². The van der Waals surface area contributed by atoms with Crippen molar-refractivity contribution in [2.24, 2.45) is 5.41 Å². The van der Waals surface area contributed by atoms with Crippen molar-refractivity contribution in [3.05, 3.63) is 28.6 Å². The molecule has 96 valence electrons. The van der Waals surface area contributed by atoms with Gasteiger partial charge in [0, 0.05) is 12.0 Å². The second-order valence-electron chi connectivity index (χ2n) is 5.55. The largest absolute Gasteiger partial charge is 0.465 e. The van der Waals surface area contributed by atoms with Crippen LogP contribution in [0.15, 0.2) is 6.07 Å². The number of carbonyl (C=O) groups is 2. The summed E-state index contributed by atoms with van der Waals surface area (Å²) in [5.41, 5.74) is 2.30. The first-order valence-corrected chi connectivity index (χ1v) is 5.96. The van der Waals surface area contributed by atoms with E-state index in [0.29, 0.717) is 23.2 Å². The molecule has 4 nitrogen and oxygen atoms in total. The fourth-order valence-corrected chi connectivity index (χ4v) is 2.39. The zero-order chi connectivity index (χ0) is 13.5. The normalized spacial score (nSPS) is 17.2. The highest BCUT2D eigenvalue weighted by Gasteiger charge is 2.33. The third-order valence-corrected chi connectivity index (χ3v) is 3.28. The third kappa shape index (κ3) is 2.15.